The molecule has 1 aromatic heterocycles. The molecule has 0 aliphatic rings. The summed E-state index contributed by atoms with van der Waals surface area (Å²) in [6, 6.07) is 13.0. The third-order valence-electron chi connectivity index (χ3n) is 4.36. The maximum atomic E-state index is 14.0. The van der Waals surface area contributed by atoms with E-state index < -0.39 is 17.5 Å². The van der Waals surface area contributed by atoms with Gasteiger partial charge in [-0.05, 0) is 46.3 Å². The Morgan fingerprint density at radius 1 is 0.966 bits per heavy atom. The molecular weight excluding hydrogens is 444 g/mol. The Kier molecular flexibility index (Phi) is 4.94. The Morgan fingerprint density at radius 3 is 2.52 bits per heavy atom. The van der Waals surface area contributed by atoms with Crippen LogP contribution in [0.2, 0.25) is 0 Å². The van der Waals surface area contributed by atoms with Crippen LogP contribution in [0.25, 0.3) is 11.0 Å². The molecule has 5 nitrogen and oxygen atoms in total. The lowest BCUT2D eigenvalue weighted by Gasteiger charge is -2.11. The normalized spacial score (nSPS) is 10.9. The number of rotatable bonds is 4. The largest absolute Gasteiger partial charge is 0.345 e. The first kappa shape index (κ1) is 18.9. The van der Waals surface area contributed by atoms with Crippen LogP contribution in [0.5, 0.6) is 0 Å². The van der Waals surface area contributed by atoms with Crippen molar-refractivity contribution < 1.29 is 18.4 Å². The fraction of sp³-hybridized carbons (Fsp3) is 0. The number of aromatic nitrogens is 2. The molecule has 4 rings (SSSR count). The van der Waals surface area contributed by atoms with E-state index in [1.165, 1.54) is 18.5 Å². The number of carbonyl (C=O) groups is 2. The first-order valence-corrected chi connectivity index (χ1v) is 9.26. The van der Waals surface area contributed by atoms with Gasteiger partial charge in [0.2, 0.25) is 0 Å². The Balaban J connectivity index is 1.68. The highest BCUT2D eigenvalue weighted by atomic mass is 79.9. The summed E-state index contributed by atoms with van der Waals surface area (Å²) in [5, 5.41) is 2.39. The smallest absolute Gasteiger partial charge is 0.256 e. The molecule has 0 unspecified atom stereocenters. The van der Waals surface area contributed by atoms with Crippen molar-refractivity contribution >= 4 is 44.3 Å². The monoisotopic (exact) mass is 455 g/mol. The van der Waals surface area contributed by atoms with Crippen LogP contribution in [0.1, 0.15) is 26.3 Å². The van der Waals surface area contributed by atoms with Crippen LogP contribution in [0, 0.1) is 11.6 Å². The average molecular weight is 456 g/mol. The average Bonchev–Trinajstić information content (AvgIpc) is 3.19. The molecular formula is C21H12BrF2N3O2. The van der Waals surface area contributed by atoms with Gasteiger partial charge >= 0.3 is 0 Å². The highest BCUT2D eigenvalue weighted by molar-refractivity contribution is 9.10. The predicted octanol–water partition coefficient (Wildman–Crippen LogP) is 5.09. The summed E-state index contributed by atoms with van der Waals surface area (Å²) in [5.74, 6) is -2.76. The quantitative estimate of drug-likeness (QED) is 0.332. The maximum Gasteiger partial charge on any atom is 0.256 e. The Bertz CT molecular complexity index is 1270. The van der Waals surface area contributed by atoms with Crippen molar-refractivity contribution in [2.75, 3.05) is 5.32 Å². The Labute approximate surface area is 171 Å². The van der Waals surface area contributed by atoms with Gasteiger partial charge in [-0.3, -0.25) is 9.59 Å². The molecule has 0 saturated carbocycles. The number of carbonyl (C=O) groups excluding carboxylic acids is 2. The molecule has 3 aromatic carbocycles. The molecule has 4 aromatic rings. The number of H-pyrrole nitrogens is 1. The zero-order valence-electron chi connectivity index (χ0n) is 14.7. The van der Waals surface area contributed by atoms with Gasteiger partial charge in [0.1, 0.15) is 11.6 Å². The van der Waals surface area contributed by atoms with E-state index in [1.54, 1.807) is 30.3 Å². The van der Waals surface area contributed by atoms with E-state index in [-0.39, 0.29) is 27.1 Å². The third kappa shape index (κ3) is 3.66. The lowest BCUT2D eigenvalue weighted by atomic mass is 9.97. The van der Waals surface area contributed by atoms with Crippen molar-refractivity contribution in [2.24, 2.45) is 0 Å². The molecule has 1 heterocycles. The lowest BCUT2D eigenvalue weighted by Crippen LogP contribution is -2.17. The number of nitrogens with one attached hydrogen (secondary N) is 2. The van der Waals surface area contributed by atoms with Crippen molar-refractivity contribution in [1.82, 2.24) is 9.97 Å². The highest BCUT2D eigenvalue weighted by Gasteiger charge is 2.20. The van der Waals surface area contributed by atoms with Gasteiger partial charge < -0.3 is 10.3 Å². The highest BCUT2D eigenvalue weighted by Crippen LogP contribution is 2.25. The van der Waals surface area contributed by atoms with Crippen LogP contribution >= 0.6 is 15.9 Å². The minimum atomic E-state index is -0.924. The predicted molar refractivity (Wildman–Crippen MR) is 108 cm³/mol. The topological polar surface area (TPSA) is 74.8 Å². The van der Waals surface area contributed by atoms with E-state index >= 15 is 0 Å². The number of hydrogen-bond donors (Lipinski definition) is 2. The van der Waals surface area contributed by atoms with Gasteiger partial charge in [0.25, 0.3) is 5.91 Å². The molecule has 144 valence electrons. The third-order valence-corrected chi connectivity index (χ3v) is 4.96. The molecule has 0 atom stereocenters. The van der Waals surface area contributed by atoms with Gasteiger partial charge in [0.05, 0.1) is 33.1 Å². The summed E-state index contributed by atoms with van der Waals surface area (Å²) >= 11 is 2.96. The number of fused-ring (bicyclic) bond motifs is 1. The zero-order chi connectivity index (χ0) is 20.5. The second-order valence-electron chi connectivity index (χ2n) is 6.21. The number of amides is 1. The molecule has 8 heteroatoms. The molecule has 0 bridgehead atoms. The lowest BCUT2D eigenvalue weighted by molar-refractivity contribution is 0.0996. The number of anilines is 1. The number of imidazole rings is 1. The van der Waals surface area contributed by atoms with Crippen LogP contribution in [0.4, 0.5) is 14.5 Å². The van der Waals surface area contributed by atoms with Gasteiger partial charge in [0, 0.05) is 17.2 Å². The van der Waals surface area contributed by atoms with E-state index in [9.17, 15) is 18.4 Å². The molecule has 0 aliphatic heterocycles. The van der Waals surface area contributed by atoms with Crippen molar-refractivity contribution in [3.63, 3.8) is 0 Å². The number of benzene rings is 3. The molecule has 1 amide bonds. The first-order valence-electron chi connectivity index (χ1n) is 8.47. The second-order valence-corrected chi connectivity index (χ2v) is 7.06. The van der Waals surface area contributed by atoms with Gasteiger partial charge in [-0.1, -0.05) is 18.2 Å². The van der Waals surface area contributed by atoms with Crippen molar-refractivity contribution in [2.45, 2.75) is 0 Å². The summed E-state index contributed by atoms with van der Waals surface area (Å²) in [6.07, 6.45) is 1.52. The van der Waals surface area contributed by atoms with Crippen LogP contribution in [-0.2, 0) is 0 Å². The Morgan fingerprint density at radius 2 is 1.72 bits per heavy atom. The zero-order valence-corrected chi connectivity index (χ0v) is 16.3. The van der Waals surface area contributed by atoms with Crippen LogP contribution < -0.4 is 5.32 Å². The van der Waals surface area contributed by atoms with Crippen LogP contribution in [0.15, 0.2) is 65.4 Å². The molecule has 0 aliphatic carbocycles. The molecule has 29 heavy (non-hydrogen) atoms. The van der Waals surface area contributed by atoms with E-state index in [0.717, 1.165) is 6.07 Å². The van der Waals surface area contributed by atoms with Crippen LogP contribution in [0.3, 0.4) is 0 Å². The van der Waals surface area contributed by atoms with E-state index in [0.29, 0.717) is 22.7 Å². The first-order chi connectivity index (χ1) is 13.9. The summed E-state index contributed by atoms with van der Waals surface area (Å²) in [6.45, 7) is 0. The van der Waals surface area contributed by atoms with Crippen molar-refractivity contribution in [3.05, 3.63) is 93.7 Å². The van der Waals surface area contributed by atoms with E-state index in [2.05, 4.69) is 31.2 Å². The fourth-order valence-corrected chi connectivity index (χ4v) is 3.26. The molecule has 0 radical (unpaired) electrons. The van der Waals surface area contributed by atoms with Crippen molar-refractivity contribution in [3.8, 4) is 0 Å². The van der Waals surface area contributed by atoms with Crippen LogP contribution in [-0.4, -0.2) is 21.7 Å². The summed E-state index contributed by atoms with van der Waals surface area (Å²) in [5.41, 5.74) is 1.80. The van der Waals surface area contributed by atoms with E-state index in [1.807, 2.05) is 0 Å². The Hall–Kier alpha value is -3.39. The van der Waals surface area contributed by atoms with Gasteiger partial charge in [-0.25, -0.2) is 13.8 Å². The molecule has 0 spiro atoms. The molecule has 0 fully saturated rings. The minimum absolute atomic E-state index is 0.00595. The van der Waals surface area contributed by atoms with Gasteiger partial charge in [-0.15, -0.1) is 0 Å². The van der Waals surface area contributed by atoms with Crippen molar-refractivity contribution in [1.29, 1.82) is 0 Å². The van der Waals surface area contributed by atoms with Gasteiger partial charge in [0.15, 0.2) is 5.78 Å². The fourth-order valence-electron chi connectivity index (χ4n) is 2.92. The minimum Gasteiger partial charge on any atom is -0.345 e. The number of ketones is 1. The summed E-state index contributed by atoms with van der Waals surface area (Å²) < 4.78 is 27.4. The number of hydrogen-bond acceptors (Lipinski definition) is 3. The molecule has 0 saturated heterocycles. The second kappa shape index (κ2) is 7.56. The standard InChI is InChI=1S/C21H12BrF2N3O2/c22-14-8-18(16(24)9-15(14)23)27-21(29)13-4-2-1-3-12(13)20(28)11-5-6-17-19(7-11)26-10-25-17/h1-10H,(H,25,26)(H,27,29). The van der Waals surface area contributed by atoms with E-state index in [4.69, 9.17) is 0 Å². The number of aromatic amines is 1. The summed E-state index contributed by atoms with van der Waals surface area (Å²) in [4.78, 5) is 32.8. The SMILES string of the molecule is O=C(Nc1cc(Br)c(F)cc1F)c1ccccc1C(=O)c1ccc2nc[nH]c2c1. The number of nitrogens with zero attached hydrogens (tertiary/aromatic N) is 1. The summed E-state index contributed by atoms with van der Waals surface area (Å²) in [7, 11) is 0. The number of halogens is 3. The van der Waals surface area contributed by atoms with Gasteiger partial charge in [-0.2, -0.15) is 0 Å². The maximum absolute atomic E-state index is 14.0. The molecule has 2 N–H and O–H groups in total.